The molecule has 2 aromatic carbocycles. The predicted octanol–water partition coefficient (Wildman–Crippen LogP) is 3.27. The predicted molar refractivity (Wildman–Crippen MR) is 83.7 cm³/mol. The number of rotatable bonds is 3. The molecule has 0 aromatic heterocycles. The first-order valence-electron chi connectivity index (χ1n) is 7.20. The number of halogens is 3. The molecule has 0 spiro atoms. The highest BCUT2D eigenvalue weighted by Crippen LogP contribution is 2.43. The molecule has 0 N–H and O–H groups in total. The summed E-state index contributed by atoms with van der Waals surface area (Å²) >= 11 is 0. The Kier molecular flexibility index (Phi) is 4.04. The third kappa shape index (κ3) is 3.04. The molecule has 0 aliphatic heterocycles. The molecular weight excluding hydrogens is 371 g/mol. The molecule has 0 bridgehead atoms. The summed E-state index contributed by atoms with van der Waals surface area (Å²) in [5.41, 5.74) is -0.941. The fraction of sp³-hybridized carbons (Fsp3) is 0.176. The average Bonchev–Trinajstić information content (AvgIpc) is 2.77. The molecule has 3 rings (SSSR count). The summed E-state index contributed by atoms with van der Waals surface area (Å²) in [6.07, 6.45) is -0.223. The van der Waals surface area contributed by atoms with Crippen molar-refractivity contribution in [1.29, 1.82) is 5.26 Å². The van der Waals surface area contributed by atoms with Gasteiger partial charge in [0.2, 0.25) is 5.78 Å². The van der Waals surface area contributed by atoms with E-state index in [1.807, 2.05) is 0 Å². The molecule has 0 heterocycles. The minimum Gasteiger partial charge on any atom is -0.457 e. The lowest BCUT2D eigenvalue weighted by Gasteiger charge is -2.12. The van der Waals surface area contributed by atoms with Gasteiger partial charge in [0.05, 0.1) is 16.5 Å². The lowest BCUT2D eigenvalue weighted by atomic mass is 10.1. The largest absolute Gasteiger partial charge is 0.457 e. The first kappa shape index (κ1) is 17.9. The van der Waals surface area contributed by atoms with E-state index < -0.39 is 44.2 Å². The van der Waals surface area contributed by atoms with Crippen LogP contribution in [-0.2, 0) is 16.3 Å². The molecular formula is C17H10F3NO4S. The van der Waals surface area contributed by atoms with Crippen LogP contribution in [0.25, 0.3) is 0 Å². The second kappa shape index (κ2) is 5.85. The zero-order chi connectivity index (χ0) is 19.3. The molecule has 0 amide bonds. The van der Waals surface area contributed by atoms with Crippen LogP contribution in [0.2, 0.25) is 0 Å². The molecule has 0 unspecified atom stereocenters. The smallest absolute Gasteiger partial charge is 0.313 e. The van der Waals surface area contributed by atoms with E-state index in [1.54, 1.807) is 6.07 Å². The average molecular weight is 381 g/mol. The van der Waals surface area contributed by atoms with Gasteiger partial charge in [-0.15, -0.1) is 0 Å². The van der Waals surface area contributed by atoms with E-state index in [0.717, 1.165) is 30.5 Å². The van der Waals surface area contributed by atoms with Crippen LogP contribution in [0, 0.1) is 17.1 Å². The van der Waals surface area contributed by atoms with E-state index in [9.17, 15) is 26.4 Å². The number of ether oxygens (including phenoxy) is 1. The van der Waals surface area contributed by atoms with Crippen LogP contribution >= 0.6 is 0 Å². The van der Waals surface area contributed by atoms with Gasteiger partial charge in [-0.3, -0.25) is 4.79 Å². The second-order valence-corrected chi connectivity index (χ2v) is 7.77. The zero-order valence-electron chi connectivity index (χ0n) is 13.2. The number of hydrogen-bond donors (Lipinski definition) is 0. The van der Waals surface area contributed by atoms with Gasteiger partial charge in [0, 0.05) is 29.9 Å². The van der Waals surface area contributed by atoms with Crippen LogP contribution in [0.1, 0.15) is 21.5 Å². The van der Waals surface area contributed by atoms with E-state index in [1.165, 1.54) is 6.07 Å². The van der Waals surface area contributed by atoms with Crippen LogP contribution in [-0.4, -0.2) is 26.4 Å². The molecule has 1 aliphatic rings. The van der Waals surface area contributed by atoms with Crippen LogP contribution in [0.15, 0.2) is 35.2 Å². The van der Waals surface area contributed by atoms with Gasteiger partial charge in [0.15, 0.2) is 9.84 Å². The van der Waals surface area contributed by atoms with Crippen molar-refractivity contribution in [1.82, 2.24) is 0 Å². The number of sulfone groups is 1. The summed E-state index contributed by atoms with van der Waals surface area (Å²) in [5, 5.41) is 8.85. The summed E-state index contributed by atoms with van der Waals surface area (Å²) in [4.78, 5) is 11.5. The fourth-order valence-corrected chi connectivity index (χ4v) is 3.64. The van der Waals surface area contributed by atoms with Crippen molar-refractivity contribution in [3.05, 3.63) is 52.8 Å². The van der Waals surface area contributed by atoms with Crippen molar-refractivity contribution in [2.24, 2.45) is 0 Å². The van der Waals surface area contributed by atoms with Gasteiger partial charge in [-0.25, -0.2) is 12.8 Å². The molecule has 2 aromatic rings. The quantitative estimate of drug-likeness (QED) is 0.815. The number of carbonyl (C=O) groups is 1. The third-order valence-corrected chi connectivity index (χ3v) is 4.96. The van der Waals surface area contributed by atoms with E-state index in [-0.39, 0.29) is 22.6 Å². The van der Waals surface area contributed by atoms with E-state index in [2.05, 4.69) is 0 Å². The van der Waals surface area contributed by atoms with Gasteiger partial charge in [-0.2, -0.15) is 14.0 Å². The second-order valence-electron chi connectivity index (χ2n) is 5.79. The Morgan fingerprint density at radius 3 is 2.54 bits per heavy atom. The molecule has 26 heavy (non-hydrogen) atoms. The summed E-state index contributed by atoms with van der Waals surface area (Å²) in [6, 6.07) is 6.93. The number of benzene rings is 2. The van der Waals surface area contributed by atoms with Crippen molar-refractivity contribution in [2.45, 2.75) is 17.2 Å². The Hall–Kier alpha value is -2.86. The molecule has 1 aliphatic carbocycles. The molecule has 0 radical (unpaired) electrons. The number of carbonyl (C=O) groups excluding carboxylic acids is 1. The highest BCUT2D eigenvalue weighted by Gasteiger charge is 2.50. The van der Waals surface area contributed by atoms with Gasteiger partial charge >= 0.3 is 5.92 Å². The zero-order valence-corrected chi connectivity index (χ0v) is 14.0. The van der Waals surface area contributed by atoms with Gasteiger partial charge in [0.1, 0.15) is 17.3 Å². The lowest BCUT2D eigenvalue weighted by molar-refractivity contribution is 0.0165. The molecule has 0 fully saturated rings. The summed E-state index contributed by atoms with van der Waals surface area (Å²) in [5.74, 6) is -6.48. The number of fused-ring (bicyclic) bond motifs is 1. The van der Waals surface area contributed by atoms with Crippen molar-refractivity contribution in [3.63, 3.8) is 0 Å². The molecule has 0 saturated carbocycles. The molecule has 5 nitrogen and oxygen atoms in total. The van der Waals surface area contributed by atoms with Crippen molar-refractivity contribution in [2.75, 3.05) is 6.26 Å². The summed E-state index contributed by atoms with van der Waals surface area (Å²) in [7, 11) is -3.93. The van der Waals surface area contributed by atoms with E-state index >= 15 is 0 Å². The first-order chi connectivity index (χ1) is 12.0. The molecule has 0 atom stereocenters. The maximum absolute atomic E-state index is 13.9. The highest BCUT2D eigenvalue weighted by molar-refractivity contribution is 7.90. The Morgan fingerprint density at radius 2 is 1.92 bits per heavy atom. The molecule has 0 saturated heterocycles. The van der Waals surface area contributed by atoms with Gasteiger partial charge in [-0.1, -0.05) is 0 Å². The van der Waals surface area contributed by atoms with Gasteiger partial charge in [0.25, 0.3) is 0 Å². The first-order valence-corrected chi connectivity index (χ1v) is 9.09. The Balaban J connectivity index is 2.16. The standard InChI is InChI=1S/C17H10F3NO4S/c1-26(23,24)14-3-2-13(12-7-17(19,20)16(22)15(12)14)25-11-5-9(8-21)4-10(18)6-11/h2-6H,7H2,1H3. The number of alkyl halides is 2. The van der Waals surface area contributed by atoms with Gasteiger partial charge in [-0.05, 0) is 24.3 Å². The summed E-state index contributed by atoms with van der Waals surface area (Å²) in [6.45, 7) is 0. The lowest BCUT2D eigenvalue weighted by Crippen LogP contribution is -2.24. The maximum atomic E-state index is 13.9. The third-order valence-electron chi connectivity index (χ3n) is 3.82. The van der Waals surface area contributed by atoms with Crippen molar-refractivity contribution in [3.8, 4) is 17.6 Å². The van der Waals surface area contributed by atoms with Crippen molar-refractivity contribution < 1.29 is 31.1 Å². The fourth-order valence-electron chi connectivity index (χ4n) is 2.73. The van der Waals surface area contributed by atoms with Crippen molar-refractivity contribution >= 4 is 15.6 Å². The van der Waals surface area contributed by atoms with Crippen LogP contribution < -0.4 is 4.74 Å². The number of hydrogen-bond acceptors (Lipinski definition) is 5. The number of ketones is 1. The Morgan fingerprint density at radius 1 is 1.23 bits per heavy atom. The Labute approximate surface area is 146 Å². The van der Waals surface area contributed by atoms with E-state index in [0.29, 0.717) is 0 Å². The minimum absolute atomic E-state index is 0.0502. The SMILES string of the molecule is CS(=O)(=O)c1ccc(Oc2cc(F)cc(C#N)c2)c2c1C(=O)C(F)(F)C2. The monoisotopic (exact) mass is 381 g/mol. The number of Topliss-reactive ketones (excluding diaryl/α,β-unsaturated/α-hetero) is 1. The highest BCUT2D eigenvalue weighted by atomic mass is 32.2. The number of nitriles is 1. The maximum Gasteiger partial charge on any atom is 0.313 e. The molecule has 134 valence electrons. The summed E-state index contributed by atoms with van der Waals surface area (Å²) < 4.78 is 70.3. The van der Waals surface area contributed by atoms with E-state index in [4.69, 9.17) is 10.00 Å². The van der Waals surface area contributed by atoms with Crippen LogP contribution in [0.5, 0.6) is 11.5 Å². The topological polar surface area (TPSA) is 84.2 Å². The van der Waals surface area contributed by atoms with Crippen LogP contribution in [0.3, 0.4) is 0 Å². The normalized spacial score (nSPS) is 15.4. The number of nitrogens with zero attached hydrogens (tertiary/aromatic N) is 1. The van der Waals surface area contributed by atoms with Crippen LogP contribution in [0.4, 0.5) is 13.2 Å². The Bertz CT molecular complexity index is 1090. The molecule has 9 heteroatoms. The minimum atomic E-state index is -3.93. The van der Waals surface area contributed by atoms with Gasteiger partial charge < -0.3 is 4.74 Å².